The van der Waals surface area contributed by atoms with E-state index >= 15 is 0 Å². The molecule has 0 aliphatic heterocycles. The average molecular weight is 433 g/mol. The van der Waals surface area contributed by atoms with Crippen molar-refractivity contribution < 1.29 is 14.6 Å². The van der Waals surface area contributed by atoms with Crippen LogP contribution in [0.5, 0.6) is 5.75 Å². The summed E-state index contributed by atoms with van der Waals surface area (Å²) in [6.07, 6.45) is 2.61. The minimum absolute atomic E-state index is 0.389. The Morgan fingerprint density at radius 1 is 1.43 bits per heavy atom. The topological polar surface area (TPSA) is 59.4 Å². The third-order valence-electron chi connectivity index (χ3n) is 2.45. The number of aliphatic carboxylic acids is 1. The Labute approximate surface area is 142 Å². The van der Waals surface area contributed by atoms with Crippen LogP contribution < -0.4 is 4.74 Å². The first-order chi connectivity index (χ1) is 9.95. The largest absolute Gasteiger partial charge is 0.484 e. The second-order valence-corrected chi connectivity index (χ2v) is 6.81. The number of rotatable bonds is 5. The van der Waals surface area contributed by atoms with Gasteiger partial charge in [0.1, 0.15) is 17.4 Å². The normalized spacial score (nSPS) is 11.0. The lowest BCUT2D eigenvalue weighted by Crippen LogP contribution is -1.97. The molecule has 0 fully saturated rings. The summed E-state index contributed by atoms with van der Waals surface area (Å²) in [6, 6.07) is 3.60. The first-order valence-corrected chi connectivity index (χ1v) is 8.36. The van der Waals surface area contributed by atoms with Crippen molar-refractivity contribution in [1.29, 1.82) is 0 Å². The first kappa shape index (κ1) is 16.2. The molecule has 0 bridgehead atoms. The molecule has 110 valence electrons. The van der Waals surface area contributed by atoms with Gasteiger partial charge in [0.25, 0.3) is 0 Å². The Hall–Kier alpha value is -1.18. The fourth-order valence-electron chi connectivity index (χ4n) is 1.58. The number of thiazole rings is 1. The van der Waals surface area contributed by atoms with Crippen LogP contribution in [0.25, 0.3) is 6.08 Å². The molecule has 1 aromatic carbocycles. The van der Waals surface area contributed by atoms with Gasteiger partial charge in [-0.2, -0.15) is 0 Å². The van der Waals surface area contributed by atoms with Crippen LogP contribution in [0.2, 0.25) is 0 Å². The number of carboxylic acid groups (broad SMARTS) is 1. The predicted octanol–water partition coefficient (Wildman–Crippen LogP) is 4.65. The molecule has 0 saturated carbocycles. The molecular weight excluding hydrogens is 422 g/mol. The molecule has 0 aliphatic rings. The number of aromatic nitrogens is 1. The van der Waals surface area contributed by atoms with Gasteiger partial charge < -0.3 is 9.84 Å². The summed E-state index contributed by atoms with van der Waals surface area (Å²) in [6.45, 7) is 2.33. The summed E-state index contributed by atoms with van der Waals surface area (Å²) in [5.74, 6) is -0.322. The number of carbonyl (C=O) groups is 1. The van der Waals surface area contributed by atoms with Gasteiger partial charge in [0.05, 0.1) is 8.95 Å². The van der Waals surface area contributed by atoms with Crippen LogP contribution in [-0.2, 0) is 11.4 Å². The maximum absolute atomic E-state index is 10.5. The quantitative estimate of drug-likeness (QED) is 0.698. The van der Waals surface area contributed by atoms with Gasteiger partial charge in [-0.25, -0.2) is 9.78 Å². The summed E-state index contributed by atoms with van der Waals surface area (Å²) in [4.78, 5) is 14.9. The van der Waals surface area contributed by atoms with Crippen LogP contribution in [0.1, 0.15) is 16.3 Å². The highest BCUT2D eigenvalue weighted by atomic mass is 79.9. The van der Waals surface area contributed by atoms with E-state index < -0.39 is 5.97 Å². The van der Waals surface area contributed by atoms with E-state index in [-0.39, 0.29) is 0 Å². The van der Waals surface area contributed by atoms with E-state index in [2.05, 4.69) is 36.8 Å². The van der Waals surface area contributed by atoms with E-state index in [0.717, 1.165) is 31.3 Å². The Kier molecular flexibility index (Phi) is 5.55. The molecule has 0 aliphatic carbocycles. The zero-order valence-electron chi connectivity index (χ0n) is 11.0. The molecule has 7 heteroatoms. The number of ether oxygens (including phenoxy) is 1. The maximum atomic E-state index is 10.5. The Bertz CT molecular complexity index is 674. The molecule has 21 heavy (non-hydrogen) atoms. The molecule has 2 aromatic rings. The molecule has 0 amide bonds. The van der Waals surface area contributed by atoms with Crippen LogP contribution in [0, 0.1) is 6.92 Å². The summed E-state index contributed by atoms with van der Waals surface area (Å²) in [5.41, 5.74) is 1.74. The molecule has 1 N–H and O–H groups in total. The highest BCUT2D eigenvalue weighted by Crippen LogP contribution is 2.35. The number of nitrogens with zero attached hydrogens (tertiary/aromatic N) is 1. The lowest BCUT2D eigenvalue weighted by molar-refractivity contribution is -0.131. The molecule has 1 aromatic heterocycles. The third kappa shape index (κ3) is 4.66. The van der Waals surface area contributed by atoms with Gasteiger partial charge in [0.15, 0.2) is 0 Å². The molecule has 0 saturated heterocycles. The van der Waals surface area contributed by atoms with E-state index in [1.54, 1.807) is 23.5 Å². The van der Waals surface area contributed by atoms with Gasteiger partial charge in [0, 0.05) is 17.2 Å². The van der Waals surface area contributed by atoms with Crippen molar-refractivity contribution in [2.75, 3.05) is 0 Å². The van der Waals surface area contributed by atoms with Gasteiger partial charge >= 0.3 is 5.97 Å². The summed E-state index contributed by atoms with van der Waals surface area (Å²) in [7, 11) is 0. The smallest absolute Gasteiger partial charge is 0.328 e. The Morgan fingerprint density at radius 2 is 2.10 bits per heavy atom. The summed E-state index contributed by atoms with van der Waals surface area (Å²) in [5, 5.41) is 11.5. The lowest BCUT2D eigenvalue weighted by Gasteiger charge is -2.10. The molecule has 0 radical (unpaired) electrons. The fraction of sp³-hybridized carbons (Fsp3) is 0.143. The van der Waals surface area contributed by atoms with E-state index in [4.69, 9.17) is 9.84 Å². The highest BCUT2D eigenvalue weighted by molar-refractivity contribution is 9.11. The highest BCUT2D eigenvalue weighted by Gasteiger charge is 2.10. The maximum Gasteiger partial charge on any atom is 0.328 e. The van der Waals surface area contributed by atoms with E-state index in [0.29, 0.717) is 12.4 Å². The molecule has 0 atom stereocenters. The molecule has 1 heterocycles. The molecule has 0 unspecified atom stereocenters. The number of hydrogen-bond donors (Lipinski definition) is 1. The van der Waals surface area contributed by atoms with Crippen LogP contribution in [-0.4, -0.2) is 16.1 Å². The minimum atomic E-state index is -0.985. The molecular formula is C14H11Br2NO3S. The van der Waals surface area contributed by atoms with Crippen LogP contribution in [0.15, 0.2) is 32.5 Å². The predicted molar refractivity (Wildman–Crippen MR) is 89.7 cm³/mol. The first-order valence-electron chi connectivity index (χ1n) is 5.89. The van der Waals surface area contributed by atoms with E-state index in [1.807, 2.05) is 12.3 Å². The number of hydrogen-bond acceptors (Lipinski definition) is 4. The minimum Gasteiger partial charge on any atom is -0.484 e. The zero-order valence-corrected chi connectivity index (χ0v) is 15.0. The van der Waals surface area contributed by atoms with Crippen LogP contribution >= 0.6 is 43.2 Å². The summed E-state index contributed by atoms with van der Waals surface area (Å²) < 4.78 is 7.25. The van der Waals surface area contributed by atoms with Crippen LogP contribution in [0.4, 0.5) is 0 Å². The number of benzene rings is 1. The Balaban J connectivity index is 2.15. The van der Waals surface area contributed by atoms with E-state index in [9.17, 15) is 4.79 Å². The number of halogens is 2. The average Bonchev–Trinajstić information content (AvgIpc) is 2.81. The Morgan fingerprint density at radius 3 is 2.62 bits per heavy atom. The fourth-order valence-corrected chi connectivity index (χ4v) is 3.72. The summed E-state index contributed by atoms with van der Waals surface area (Å²) >= 11 is 8.41. The van der Waals surface area contributed by atoms with Gasteiger partial charge in [0.2, 0.25) is 0 Å². The van der Waals surface area contributed by atoms with Gasteiger partial charge in [-0.15, -0.1) is 11.3 Å². The van der Waals surface area contributed by atoms with Gasteiger partial charge in [-0.1, -0.05) is 0 Å². The second-order valence-electron chi connectivity index (χ2n) is 4.16. The van der Waals surface area contributed by atoms with Crippen LogP contribution in [0.3, 0.4) is 0 Å². The van der Waals surface area contributed by atoms with Crippen molar-refractivity contribution in [2.45, 2.75) is 13.5 Å². The standard InChI is InChI=1S/C14H11Br2NO3S/c1-8-7-21-12(17-8)6-20-14-10(15)4-9(5-11(14)16)2-3-13(18)19/h2-5,7H,6H2,1H3,(H,18,19)/b3-2+. The van der Waals surface area contributed by atoms with Crippen molar-refractivity contribution >= 4 is 55.2 Å². The van der Waals surface area contributed by atoms with E-state index in [1.165, 1.54) is 6.08 Å². The zero-order chi connectivity index (χ0) is 15.4. The second kappa shape index (κ2) is 7.20. The number of carboxylic acids is 1. The molecule has 4 nitrogen and oxygen atoms in total. The third-order valence-corrected chi connectivity index (χ3v) is 4.56. The van der Waals surface area contributed by atoms with Crippen molar-refractivity contribution in [1.82, 2.24) is 4.98 Å². The van der Waals surface area contributed by atoms with Crippen molar-refractivity contribution in [3.8, 4) is 5.75 Å². The lowest BCUT2D eigenvalue weighted by atomic mass is 10.2. The van der Waals surface area contributed by atoms with Crippen molar-refractivity contribution in [2.24, 2.45) is 0 Å². The van der Waals surface area contributed by atoms with Crippen molar-refractivity contribution in [3.05, 3.63) is 48.8 Å². The SMILES string of the molecule is Cc1csc(COc2c(Br)cc(/C=C/C(=O)O)cc2Br)n1. The monoisotopic (exact) mass is 431 g/mol. The number of aryl methyl sites for hydroxylation is 1. The van der Waals surface area contributed by atoms with Crippen molar-refractivity contribution in [3.63, 3.8) is 0 Å². The molecule has 2 rings (SSSR count). The van der Waals surface area contributed by atoms with Gasteiger partial charge in [-0.3, -0.25) is 0 Å². The molecule has 0 spiro atoms. The van der Waals surface area contributed by atoms with Gasteiger partial charge in [-0.05, 0) is 62.6 Å².